The van der Waals surface area contributed by atoms with Crippen molar-refractivity contribution in [1.82, 2.24) is 0 Å². The van der Waals surface area contributed by atoms with Gasteiger partial charge in [-0.25, -0.2) is 4.79 Å². The van der Waals surface area contributed by atoms with Gasteiger partial charge in [-0.1, -0.05) is 19.9 Å². The van der Waals surface area contributed by atoms with Crippen molar-refractivity contribution in [1.29, 1.82) is 0 Å². The zero-order valence-electron chi connectivity index (χ0n) is 11.2. The number of carbonyl (C=O) groups is 2. The Kier molecular flexibility index (Phi) is 4.04. The molecule has 0 aliphatic carbocycles. The lowest BCUT2D eigenvalue weighted by Gasteiger charge is -2.14. The van der Waals surface area contributed by atoms with Crippen LogP contribution in [0.3, 0.4) is 0 Å². The van der Waals surface area contributed by atoms with Crippen molar-refractivity contribution in [3.05, 3.63) is 24.3 Å². The predicted octanol–water partition coefficient (Wildman–Crippen LogP) is 2.63. The quantitative estimate of drug-likeness (QED) is 0.907. The molecule has 1 aliphatic rings. The molecule has 5 nitrogen and oxygen atoms in total. The lowest BCUT2D eigenvalue weighted by molar-refractivity contribution is -0.116. The second-order valence-corrected chi connectivity index (χ2v) is 4.96. The molecule has 1 saturated heterocycles. The molecule has 2 rings (SSSR count). The molecule has 1 heterocycles. The Morgan fingerprint density at radius 1 is 1.47 bits per heavy atom. The maximum atomic E-state index is 11.7. The number of benzene rings is 1. The van der Waals surface area contributed by atoms with Gasteiger partial charge in [-0.15, -0.1) is 0 Å². The van der Waals surface area contributed by atoms with Gasteiger partial charge in [0, 0.05) is 17.8 Å². The number of amides is 2. The Morgan fingerprint density at radius 2 is 2.26 bits per heavy atom. The standard InChI is InChI=1S/C14H18N2O3/c1-10(2)8-13(17)15-11-4-3-5-12(9-11)16-6-7-19-14(16)18/h3-5,9-10H,6-8H2,1-2H3,(H,15,17). The van der Waals surface area contributed by atoms with E-state index in [1.165, 1.54) is 0 Å². The molecule has 2 amide bonds. The molecule has 1 aliphatic heterocycles. The van der Waals surface area contributed by atoms with Crippen LogP contribution in [0.1, 0.15) is 20.3 Å². The summed E-state index contributed by atoms with van der Waals surface area (Å²) in [5.74, 6) is 0.299. The summed E-state index contributed by atoms with van der Waals surface area (Å²) in [4.78, 5) is 24.7. The van der Waals surface area contributed by atoms with E-state index in [4.69, 9.17) is 4.74 Å². The molecule has 1 aromatic rings. The van der Waals surface area contributed by atoms with Gasteiger partial charge < -0.3 is 10.1 Å². The molecule has 0 aromatic heterocycles. The summed E-state index contributed by atoms with van der Waals surface area (Å²) in [5.41, 5.74) is 1.44. The summed E-state index contributed by atoms with van der Waals surface area (Å²) >= 11 is 0. The van der Waals surface area contributed by atoms with Crippen LogP contribution in [-0.2, 0) is 9.53 Å². The third-order valence-corrected chi connectivity index (χ3v) is 2.80. The fourth-order valence-electron chi connectivity index (χ4n) is 1.96. The van der Waals surface area contributed by atoms with E-state index in [2.05, 4.69) is 5.32 Å². The minimum Gasteiger partial charge on any atom is -0.447 e. The van der Waals surface area contributed by atoms with E-state index in [0.717, 1.165) is 5.69 Å². The van der Waals surface area contributed by atoms with E-state index in [0.29, 0.717) is 31.2 Å². The van der Waals surface area contributed by atoms with E-state index >= 15 is 0 Å². The van der Waals surface area contributed by atoms with Gasteiger partial charge in [0.15, 0.2) is 0 Å². The Hall–Kier alpha value is -2.04. The minimum absolute atomic E-state index is 0.0175. The van der Waals surface area contributed by atoms with Gasteiger partial charge in [0.05, 0.1) is 6.54 Å². The number of cyclic esters (lactones) is 1. The summed E-state index contributed by atoms with van der Waals surface area (Å²) in [6, 6.07) is 7.23. The van der Waals surface area contributed by atoms with E-state index in [1.807, 2.05) is 32.0 Å². The van der Waals surface area contributed by atoms with E-state index in [-0.39, 0.29) is 12.0 Å². The van der Waals surface area contributed by atoms with Crippen LogP contribution in [0, 0.1) is 5.92 Å². The van der Waals surface area contributed by atoms with Crippen molar-refractivity contribution in [3.8, 4) is 0 Å². The number of hydrogen-bond acceptors (Lipinski definition) is 3. The van der Waals surface area contributed by atoms with Crippen molar-refractivity contribution in [2.75, 3.05) is 23.4 Å². The van der Waals surface area contributed by atoms with Crippen LogP contribution in [0.5, 0.6) is 0 Å². The SMILES string of the molecule is CC(C)CC(=O)Nc1cccc(N2CCOC2=O)c1. The fraction of sp³-hybridized carbons (Fsp3) is 0.429. The Bertz CT molecular complexity index is 485. The highest BCUT2D eigenvalue weighted by Crippen LogP contribution is 2.22. The first-order valence-corrected chi connectivity index (χ1v) is 6.40. The fourth-order valence-corrected chi connectivity index (χ4v) is 1.96. The highest BCUT2D eigenvalue weighted by molar-refractivity contribution is 5.93. The van der Waals surface area contributed by atoms with Crippen molar-refractivity contribution in [3.63, 3.8) is 0 Å². The number of hydrogen-bond donors (Lipinski definition) is 1. The van der Waals surface area contributed by atoms with Crippen LogP contribution in [-0.4, -0.2) is 25.2 Å². The molecule has 102 valence electrons. The minimum atomic E-state index is -0.342. The van der Waals surface area contributed by atoms with Crippen LogP contribution >= 0.6 is 0 Å². The third-order valence-electron chi connectivity index (χ3n) is 2.80. The van der Waals surface area contributed by atoms with E-state index in [9.17, 15) is 9.59 Å². The van der Waals surface area contributed by atoms with Crippen LogP contribution < -0.4 is 10.2 Å². The van der Waals surface area contributed by atoms with Gasteiger partial charge in [0.2, 0.25) is 5.91 Å². The summed E-state index contributed by atoms with van der Waals surface area (Å²) in [7, 11) is 0. The van der Waals surface area contributed by atoms with Gasteiger partial charge in [0.25, 0.3) is 0 Å². The Labute approximate surface area is 112 Å². The smallest absolute Gasteiger partial charge is 0.414 e. The number of anilines is 2. The third kappa shape index (κ3) is 3.47. The zero-order valence-corrected chi connectivity index (χ0v) is 11.2. The molecule has 5 heteroatoms. The van der Waals surface area contributed by atoms with Gasteiger partial charge in [0.1, 0.15) is 6.61 Å². The average molecular weight is 262 g/mol. The average Bonchev–Trinajstić information content (AvgIpc) is 2.74. The van der Waals surface area contributed by atoms with Crippen molar-refractivity contribution in [2.45, 2.75) is 20.3 Å². The number of carbonyl (C=O) groups excluding carboxylic acids is 2. The van der Waals surface area contributed by atoms with Gasteiger partial charge in [-0.05, 0) is 24.1 Å². The van der Waals surface area contributed by atoms with Gasteiger partial charge >= 0.3 is 6.09 Å². The van der Waals surface area contributed by atoms with Gasteiger partial charge in [-0.2, -0.15) is 0 Å². The molecule has 0 unspecified atom stereocenters. The van der Waals surface area contributed by atoms with E-state index in [1.54, 1.807) is 11.0 Å². The maximum Gasteiger partial charge on any atom is 0.414 e. The molecule has 0 bridgehead atoms. The van der Waals surface area contributed by atoms with Crippen molar-refractivity contribution < 1.29 is 14.3 Å². The summed E-state index contributed by atoms with van der Waals surface area (Å²) < 4.78 is 4.89. The molecule has 0 atom stereocenters. The molecule has 1 fully saturated rings. The molecule has 19 heavy (non-hydrogen) atoms. The molecular formula is C14H18N2O3. The lowest BCUT2D eigenvalue weighted by atomic mass is 10.1. The lowest BCUT2D eigenvalue weighted by Crippen LogP contribution is -2.23. The maximum absolute atomic E-state index is 11.7. The Morgan fingerprint density at radius 3 is 2.89 bits per heavy atom. The van der Waals surface area contributed by atoms with Crippen molar-refractivity contribution in [2.24, 2.45) is 5.92 Å². The predicted molar refractivity (Wildman–Crippen MR) is 73.2 cm³/mol. The zero-order chi connectivity index (χ0) is 13.8. The van der Waals surface area contributed by atoms with E-state index < -0.39 is 0 Å². The molecule has 0 saturated carbocycles. The monoisotopic (exact) mass is 262 g/mol. The number of nitrogens with one attached hydrogen (secondary N) is 1. The summed E-state index contributed by atoms with van der Waals surface area (Å²) in [6.07, 6.45) is 0.140. The Balaban J connectivity index is 2.07. The highest BCUT2D eigenvalue weighted by atomic mass is 16.6. The first-order valence-electron chi connectivity index (χ1n) is 6.40. The normalized spacial score (nSPS) is 14.7. The summed E-state index contributed by atoms with van der Waals surface area (Å²) in [6.45, 7) is 4.94. The topological polar surface area (TPSA) is 58.6 Å². The second-order valence-electron chi connectivity index (χ2n) is 4.96. The van der Waals surface area contributed by atoms with Crippen LogP contribution in [0.15, 0.2) is 24.3 Å². The number of rotatable bonds is 4. The number of nitrogens with zero attached hydrogens (tertiary/aromatic N) is 1. The first kappa shape index (κ1) is 13.4. The molecule has 1 N–H and O–H groups in total. The van der Waals surface area contributed by atoms with Crippen LogP contribution in [0.25, 0.3) is 0 Å². The van der Waals surface area contributed by atoms with Crippen molar-refractivity contribution >= 4 is 23.4 Å². The summed E-state index contributed by atoms with van der Waals surface area (Å²) in [5, 5.41) is 2.83. The molecule has 0 radical (unpaired) electrons. The van der Waals surface area contributed by atoms with Crippen LogP contribution in [0.4, 0.5) is 16.2 Å². The van der Waals surface area contributed by atoms with Crippen LogP contribution in [0.2, 0.25) is 0 Å². The highest BCUT2D eigenvalue weighted by Gasteiger charge is 2.23. The largest absolute Gasteiger partial charge is 0.447 e. The number of ether oxygens (including phenoxy) is 1. The first-order chi connectivity index (χ1) is 9.06. The molecule has 1 aromatic carbocycles. The molecular weight excluding hydrogens is 244 g/mol. The van der Waals surface area contributed by atoms with Gasteiger partial charge in [-0.3, -0.25) is 9.69 Å². The molecule has 0 spiro atoms. The second kappa shape index (κ2) is 5.73.